The second-order valence-electron chi connectivity index (χ2n) is 6.28. The fraction of sp³-hybridized carbons (Fsp3) is 0.529. The zero-order valence-electron chi connectivity index (χ0n) is 14.5. The number of carbonyl (C=O) groups is 2. The van der Waals surface area contributed by atoms with Crippen LogP contribution in [-0.4, -0.2) is 44.1 Å². The standard InChI is InChI=1S/C17H23N5O2S/c1-3-4-14(20-16(23)12(2)22-11-18-10-19-22)17(24)21-7-5-15-13(9-21)6-8-25-15/h6,8,10-12,14H,3-5,7,9H2,1-2H3,(H,20,23). The lowest BCUT2D eigenvalue weighted by Gasteiger charge is -2.31. The van der Waals surface area contributed by atoms with E-state index in [9.17, 15) is 9.59 Å². The molecule has 134 valence electrons. The molecule has 0 bridgehead atoms. The molecule has 0 spiro atoms. The van der Waals surface area contributed by atoms with Crippen LogP contribution in [0.15, 0.2) is 24.1 Å². The fourth-order valence-electron chi connectivity index (χ4n) is 3.03. The van der Waals surface area contributed by atoms with Gasteiger partial charge in [0.15, 0.2) is 0 Å². The Hall–Kier alpha value is -2.22. The summed E-state index contributed by atoms with van der Waals surface area (Å²) in [6.45, 7) is 5.10. The molecule has 0 aromatic carbocycles. The van der Waals surface area contributed by atoms with Crippen LogP contribution in [0.3, 0.4) is 0 Å². The first kappa shape index (κ1) is 17.6. The van der Waals surface area contributed by atoms with Crippen molar-refractivity contribution in [2.75, 3.05) is 6.54 Å². The molecule has 1 aliphatic heterocycles. The van der Waals surface area contributed by atoms with Gasteiger partial charge in [-0.25, -0.2) is 9.67 Å². The molecule has 2 unspecified atom stereocenters. The molecule has 2 aromatic heterocycles. The van der Waals surface area contributed by atoms with E-state index in [1.165, 1.54) is 27.8 Å². The highest BCUT2D eigenvalue weighted by Crippen LogP contribution is 2.24. The fourth-order valence-corrected chi connectivity index (χ4v) is 3.92. The normalized spacial score (nSPS) is 16.2. The second kappa shape index (κ2) is 7.77. The Bertz CT molecular complexity index is 727. The van der Waals surface area contributed by atoms with Crippen LogP contribution in [0.2, 0.25) is 0 Å². The summed E-state index contributed by atoms with van der Waals surface area (Å²) in [5.74, 6) is -0.219. The Balaban J connectivity index is 1.66. The van der Waals surface area contributed by atoms with E-state index in [1.807, 2.05) is 11.8 Å². The molecule has 3 rings (SSSR count). The van der Waals surface area contributed by atoms with Gasteiger partial charge in [-0.3, -0.25) is 9.59 Å². The lowest BCUT2D eigenvalue weighted by molar-refractivity contribution is -0.138. The summed E-state index contributed by atoms with van der Waals surface area (Å²) in [6, 6.07) is 1.09. The van der Waals surface area contributed by atoms with Gasteiger partial charge in [-0.1, -0.05) is 13.3 Å². The summed E-state index contributed by atoms with van der Waals surface area (Å²) in [5, 5.41) is 8.97. The predicted octanol–water partition coefficient (Wildman–Crippen LogP) is 1.77. The molecule has 0 aliphatic carbocycles. The Morgan fingerprint density at radius 1 is 1.44 bits per heavy atom. The van der Waals surface area contributed by atoms with E-state index >= 15 is 0 Å². The number of amides is 2. The van der Waals surface area contributed by atoms with E-state index in [4.69, 9.17) is 0 Å². The van der Waals surface area contributed by atoms with Crippen LogP contribution in [0.25, 0.3) is 0 Å². The Morgan fingerprint density at radius 3 is 3.00 bits per heavy atom. The smallest absolute Gasteiger partial charge is 0.245 e. The summed E-state index contributed by atoms with van der Waals surface area (Å²) < 4.78 is 1.49. The number of hydrogen-bond donors (Lipinski definition) is 1. The predicted molar refractivity (Wildman–Crippen MR) is 95.0 cm³/mol. The molecule has 3 heterocycles. The number of carbonyl (C=O) groups excluding carboxylic acids is 2. The molecule has 1 aliphatic rings. The number of hydrogen-bond acceptors (Lipinski definition) is 5. The van der Waals surface area contributed by atoms with Gasteiger partial charge in [-0.15, -0.1) is 11.3 Å². The highest BCUT2D eigenvalue weighted by molar-refractivity contribution is 7.10. The molecular weight excluding hydrogens is 338 g/mol. The van der Waals surface area contributed by atoms with Crippen molar-refractivity contribution in [3.05, 3.63) is 34.5 Å². The van der Waals surface area contributed by atoms with Crippen molar-refractivity contribution in [3.8, 4) is 0 Å². The van der Waals surface area contributed by atoms with E-state index in [0.29, 0.717) is 19.5 Å². The van der Waals surface area contributed by atoms with Crippen molar-refractivity contribution in [3.63, 3.8) is 0 Å². The third-order valence-electron chi connectivity index (χ3n) is 4.52. The number of rotatable bonds is 6. The van der Waals surface area contributed by atoms with Crippen LogP contribution in [0.5, 0.6) is 0 Å². The van der Waals surface area contributed by atoms with Gasteiger partial charge in [0.1, 0.15) is 24.7 Å². The molecule has 2 aromatic rings. The Morgan fingerprint density at radius 2 is 2.28 bits per heavy atom. The molecule has 0 saturated carbocycles. The van der Waals surface area contributed by atoms with Crippen LogP contribution in [0.1, 0.15) is 43.2 Å². The van der Waals surface area contributed by atoms with Crippen LogP contribution in [0.4, 0.5) is 0 Å². The minimum absolute atomic E-state index is 0.00200. The quantitative estimate of drug-likeness (QED) is 0.850. The topological polar surface area (TPSA) is 80.1 Å². The third kappa shape index (κ3) is 3.89. The number of nitrogens with zero attached hydrogens (tertiary/aromatic N) is 4. The van der Waals surface area contributed by atoms with Crippen LogP contribution in [-0.2, 0) is 22.6 Å². The molecule has 0 fully saturated rings. The molecule has 8 heteroatoms. The molecule has 0 radical (unpaired) electrons. The van der Waals surface area contributed by atoms with Crippen molar-refractivity contribution < 1.29 is 9.59 Å². The van der Waals surface area contributed by atoms with E-state index in [1.54, 1.807) is 18.3 Å². The van der Waals surface area contributed by atoms with Gasteiger partial charge < -0.3 is 10.2 Å². The first-order valence-corrected chi connectivity index (χ1v) is 9.46. The Labute approximate surface area is 151 Å². The van der Waals surface area contributed by atoms with Crippen molar-refractivity contribution >= 4 is 23.2 Å². The van der Waals surface area contributed by atoms with Crippen LogP contribution in [0, 0.1) is 0 Å². The number of thiophene rings is 1. The summed E-state index contributed by atoms with van der Waals surface area (Å²) >= 11 is 1.75. The van der Waals surface area contributed by atoms with Gasteiger partial charge in [0.25, 0.3) is 0 Å². The van der Waals surface area contributed by atoms with Gasteiger partial charge in [-0.05, 0) is 36.8 Å². The highest BCUT2D eigenvalue weighted by atomic mass is 32.1. The first-order valence-electron chi connectivity index (χ1n) is 8.58. The molecule has 25 heavy (non-hydrogen) atoms. The van der Waals surface area contributed by atoms with Crippen LogP contribution < -0.4 is 5.32 Å². The SMILES string of the molecule is CCCC(NC(=O)C(C)n1cncn1)C(=O)N1CCc2sccc2C1. The molecule has 2 amide bonds. The van der Waals surface area contributed by atoms with Gasteiger partial charge in [0, 0.05) is 18.0 Å². The number of aromatic nitrogens is 3. The van der Waals surface area contributed by atoms with Gasteiger partial charge in [0.05, 0.1) is 0 Å². The first-order chi connectivity index (χ1) is 12.1. The molecular formula is C17H23N5O2S. The number of nitrogens with one attached hydrogen (secondary N) is 1. The lowest BCUT2D eigenvalue weighted by atomic mass is 10.1. The second-order valence-corrected chi connectivity index (χ2v) is 7.28. The molecule has 1 N–H and O–H groups in total. The van der Waals surface area contributed by atoms with Crippen molar-refractivity contribution in [2.24, 2.45) is 0 Å². The average Bonchev–Trinajstić information content (AvgIpc) is 3.30. The summed E-state index contributed by atoms with van der Waals surface area (Å²) in [6.07, 6.45) is 5.24. The molecule has 7 nitrogen and oxygen atoms in total. The maximum absolute atomic E-state index is 12.9. The van der Waals surface area contributed by atoms with Crippen LogP contribution >= 0.6 is 11.3 Å². The highest BCUT2D eigenvalue weighted by Gasteiger charge is 2.29. The largest absolute Gasteiger partial charge is 0.342 e. The zero-order chi connectivity index (χ0) is 17.8. The lowest BCUT2D eigenvalue weighted by Crippen LogP contribution is -2.50. The average molecular weight is 361 g/mol. The Kier molecular flexibility index (Phi) is 5.47. The van der Waals surface area contributed by atoms with E-state index in [0.717, 1.165) is 12.8 Å². The van der Waals surface area contributed by atoms with Gasteiger partial charge in [0.2, 0.25) is 11.8 Å². The molecule has 2 atom stereocenters. The zero-order valence-corrected chi connectivity index (χ0v) is 15.3. The van der Waals surface area contributed by atoms with E-state index < -0.39 is 12.1 Å². The van der Waals surface area contributed by atoms with Gasteiger partial charge >= 0.3 is 0 Å². The molecule has 0 saturated heterocycles. The summed E-state index contributed by atoms with van der Waals surface area (Å²) in [7, 11) is 0. The number of fused-ring (bicyclic) bond motifs is 1. The summed E-state index contributed by atoms with van der Waals surface area (Å²) in [5.41, 5.74) is 1.22. The van der Waals surface area contributed by atoms with Gasteiger partial charge in [-0.2, -0.15) is 5.10 Å². The minimum Gasteiger partial charge on any atom is -0.342 e. The van der Waals surface area contributed by atoms with Crippen molar-refractivity contribution in [1.29, 1.82) is 0 Å². The van der Waals surface area contributed by atoms with Crippen molar-refractivity contribution in [1.82, 2.24) is 25.0 Å². The van der Waals surface area contributed by atoms with E-state index in [-0.39, 0.29) is 11.8 Å². The van der Waals surface area contributed by atoms with E-state index in [2.05, 4.69) is 26.8 Å². The maximum atomic E-state index is 12.9. The minimum atomic E-state index is -0.500. The monoisotopic (exact) mass is 361 g/mol. The summed E-state index contributed by atoms with van der Waals surface area (Å²) in [4.78, 5) is 32.5. The van der Waals surface area contributed by atoms with Crippen molar-refractivity contribution in [2.45, 2.75) is 51.7 Å². The third-order valence-corrected chi connectivity index (χ3v) is 5.55. The maximum Gasteiger partial charge on any atom is 0.245 e.